The number of nitrogens with one attached hydrogen (secondary N) is 3. The smallest absolute Gasteiger partial charge is 0.231 e. The molecule has 3 N–H and O–H groups in total. The largest absolute Gasteiger partial charge is 0.381 e. The Hall–Kier alpha value is -2.39. The van der Waals surface area contributed by atoms with Crippen LogP contribution in [0.15, 0.2) is 22.4 Å². The first-order valence-corrected chi connectivity index (χ1v) is 10.9. The van der Waals surface area contributed by atoms with Crippen molar-refractivity contribution < 1.29 is 9.53 Å². The standard InChI is InChI=1S/C21H31N7O2/c1-21(5-9-30-10-6-21)13-24-18-11-17(25-14-26-18)16-4-8-23-20(27-16)28-19(29)15-3-2-7-22-12-15/h11,14-15,22H,2-10,12-13H2,1H3,(H,23,28,29)(H,24,25,26)/t15-/m1/s1. The molecule has 0 spiro atoms. The van der Waals surface area contributed by atoms with Crippen LogP contribution in [0.5, 0.6) is 0 Å². The van der Waals surface area contributed by atoms with Gasteiger partial charge in [-0.2, -0.15) is 0 Å². The lowest BCUT2D eigenvalue weighted by atomic mass is 9.82. The molecule has 2 saturated heterocycles. The number of piperidine rings is 1. The zero-order valence-electron chi connectivity index (χ0n) is 17.6. The number of nitrogens with zero attached hydrogens (tertiary/aromatic N) is 4. The van der Waals surface area contributed by atoms with E-state index in [1.807, 2.05) is 6.07 Å². The molecule has 4 rings (SSSR count). The Kier molecular flexibility index (Phi) is 6.69. The Bertz CT molecular complexity index is 811. The van der Waals surface area contributed by atoms with Crippen LogP contribution in [0, 0.1) is 11.3 Å². The van der Waals surface area contributed by atoms with Gasteiger partial charge in [0.05, 0.1) is 17.3 Å². The zero-order valence-corrected chi connectivity index (χ0v) is 17.6. The van der Waals surface area contributed by atoms with Crippen LogP contribution in [0.2, 0.25) is 0 Å². The fourth-order valence-corrected chi connectivity index (χ4v) is 3.98. The van der Waals surface area contributed by atoms with Gasteiger partial charge in [0.25, 0.3) is 0 Å². The first kappa shape index (κ1) is 20.9. The van der Waals surface area contributed by atoms with Crippen molar-refractivity contribution in [2.75, 3.05) is 44.7 Å². The minimum absolute atomic E-state index is 0.0132. The molecular formula is C21H31N7O2. The van der Waals surface area contributed by atoms with E-state index in [1.54, 1.807) is 6.33 Å². The maximum absolute atomic E-state index is 12.5. The summed E-state index contributed by atoms with van der Waals surface area (Å²) in [5.41, 5.74) is 1.81. The Morgan fingerprint density at radius 1 is 1.33 bits per heavy atom. The number of ether oxygens (including phenoxy) is 1. The van der Waals surface area contributed by atoms with Gasteiger partial charge in [-0.3, -0.25) is 15.1 Å². The average Bonchev–Trinajstić information content (AvgIpc) is 2.79. The Morgan fingerprint density at radius 2 is 2.20 bits per heavy atom. The number of amides is 1. The van der Waals surface area contributed by atoms with Crippen molar-refractivity contribution >= 4 is 23.4 Å². The second-order valence-electron chi connectivity index (χ2n) is 8.61. The van der Waals surface area contributed by atoms with Crippen LogP contribution in [0.1, 0.15) is 44.7 Å². The first-order valence-electron chi connectivity index (χ1n) is 10.9. The minimum atomic E-state index is -0.0246. The molecule has 0 aliphatic carbocycles. The van der Waals surface area contributed by atoms with Crippen molar-refractivity contribution in [2.45, 2.75) is 39.0 Å². The van der Waals surface area contributed by atoms with Gasteiger partial charge in [0.15, 0.2) is 0 Å². The van der Waals surface area contributed by atoms with Crippen LogP contribution >= 0.6 is 0 Å². The van der Waals surface area contributed by atoms with Crippen LogP contribution in [-0.2, 0) is 9.53 Å². The summed E-state index contributed by atoms with van der Waals surface area (Å²) in [7, 11) is 0. The maximum atomic E-state index is 12.5. The number of hydrogen-bond acceptors (Lipinski definition) is 8. The number of anilines is 1. The van der Waals surface area contributed by atoms with Gasteiger partial charge >= 0.3 is 0 Å². The molecule has 0 unspecified atom stereocenters. The normalized spacial score (nSPS) is 23.8. The lowest BCUT2D eigenvalue weighted by Crippen LogP contribution is -2.43. The van der Waals surface area contributed by atoms with E-state index in [0.717, 1.165) is 69.2 Å². The van der Waals surface area contributed by atoms with Crippen LogP contribution in [0.4, 0.5) is 5.82 Å². The van der Waals surface area contributed by atoms with Gasteiger partial charge in [-0.15, -0.1) is 0 Å². The SMILES string of the molecule is CC1(CNc2cc(C3=NC(NC(=O)[C@@H]4CCCNC4)=NCC3)ncn2)CCOCC1. The summed E-state index contributed by atoms with van der Waals surface area (Å²) < 4.78 is 5.48. The molecule has 1 atom stereocenters. The maximum Gasteiger partial charge on any atom is 0.231 e. The van der Waals surface area contributed by atoms with Crippen molar-refractivity contribution in [1.29, 1.82) is 0 Å². The van der Waals surface area contributed by atoms with Crippen molar-refractivity contribution in [3.63, 3.8) is 0 Å². The Morgan fingerprint density at radius 3 is 3.00 bits per heavy atom. The summed E-state index contributed by atoms with van der Waals surface area (Å²) in [6, 6.07) is 1.93. The average molecular weight is 414 g/mol. The van der Waals surface area contributed by atoms with Gasteiger partial charge in [0.2, 0.25) is 11.9 Å². The molecular weight excluding hydrogens is 382 g/mol. The number of guanidine groups is 1. The summed E-state index contributed by atoms with van der Waals surface area (Å²) in [6.45, 7) is 7.03. The van der Waals surface area contributed by atoms with Crippen LogP contribution in [0.25, 0.3) is 0 Å². The van der Waals surface area contributed by atoms with Crippen LogP contribution < -0.4 is 16.0 Å². The van der Waals surface area contributed by atoms with E-state index < -0.39 is 0 Å². The van der Waals surface area contributed by atoms with E-state index in [4.69, 9.17) is 4.74 Å². The molecule has 9 nitrogen and oxygen atoms in total. The molecule has 0 aromatic carbocycles. The highest BCUT2D eigenvalue weighted by Crippen LogP contribution is 2.29. The number of carbonyl (C=O) groups excluding carboxylic acids is 1. The van der Waals surface area contributed by atoms with Gasteiger partial charge in [-0.05, 0) is 37.6 Å². The quantitative estimate of drug-likeness (QED) is 0.672. The summed E-state index contributed by atoms with van der Waals surface area (Å²) in [4.78, 5) is 30.2. The molecule has 4 heterocycles. The lowest BCUT2D eigenvalue weighted by Gasteiger charge is -2.33. The molecule has 30 heavy (non-hydrogen) atoms. The Labute approximate surface area is 177 Å². The van der Waals surface area contributed by atoms with Crippen molar-refractivity contribution in [3.05, 3.63) is 18.1 Å². The molecule has 1 aromatic rings. The molecule has 3 aliphatic rings. The molecule has 2 fully saturated rings. The highest BCUT2D eigenvalue weighted by atomic mass is 16.5. The third-order valence-electron chi connectivity index (χ3n) is 6.11. The molecule has 0 bridgehead atoms. The third-order valence-corrected chi connectivity index (χ3v) is 6.11. The fourth-order valence-electron chi connectivity index (χ4n) is 3.98. The molecule has 1 amide bonds. The summed E-state index contributed by atoms with van der Waals surface area (Å²) in [5.74, 6) is 1.13. The predicted molar refractivity (Wildman–Crippen MR) is 116 cm³/mol. The Balaban J connectivity index is 1.38. The second kappa shape index (κ2) is 9.61. The molecule has 9 heteroatoms. The lowest BCUT2D eigenvalue weighted by molar-refractivity contribution is -0.124. The van der Waals surface area contributed by atoms with Gasteiger partial charge in [-0.1, -0.05) is 6.92 Å². The van der Waals surface area contributed by atoms with E-state index in [2.05, 4.69) is 42.8 Å². The molecule has 0 radical (unpaired) electrons. The monoisotopic (exact) mass is 413 g/mol. The van der Waals surface area contributed by atoms with Gasteiger partial charge < -0.3 is 15.4 Å². The van der Waals surface area contributed by atoms with Gasteiger partial charge in [0.1, 0.15) is 12.1 Å². The van der Waals surface area contributed by atoms with E-state index >= 15 is 0 Å². The van der Waals surface area contributed by atoms with Crippen LogP contribution in [0.3, 0.4) is 0 Å². The van der Waals surface area contributed by atoms with Crippen LogP contribution in [-0.4, -0.2) is 66.9 Å². The van der Waals surface area contributed by atoms with E-state index in [0.29, 0.717) is 25.5 Å². The molecule has 162 valence electrons. The van der Waals surface area contributed by atoms with Gasteiger partial charge in [0, 0.05) is 45.3 Å². The van der Waals surface area contributed by atoms with E-state index in [1.165, 1.54) is 0 Å². The first-order chi connectivity index (χ1) is 14.6. The summed E-state index contributed by atoms with van der Waals surface area (Å²) in [6.07, 6.45) is 6.25. The molecule has 0 saturated carbocycles. The number of rotatable bonds is 5. The van der Waals surface area contributed by atoms with Crippen molar-refractivity contribution in [3.8, 4) is 0 Å². The highest BCUT2D eigenvalue weighted by molar-refractivity contribution is 6.10. The van der Waals surface area contributed by atoms with E-state index in [9.17, 15) is 4.79 Å². The number of hydrogen-bond donors (Lipinski definition) is 3. The summed E-state index contributed by atoms with van der Waals surface area (Å²) in [5, 5.41) is 9.61. The van der Waals surface area contributed by atoms with Crippen molar-refractivity contribution in [2.24, 2.45) is 21.3 Å². The highest BCUT2D eigenvalue weighted by Gasteiger charge is 2.27. The van der Waals surface area contributed by atoms with Crippen molar-refractivity contribution in [1.82, 2.24) is 20.6 Å². The predicted octanol–water partition coefficient (Wildman–Crippen LogP) is 1.37. The fraction of sp³-hybridized carbons (Fsp3) is 0.667. The topological polar surface area (TPSA) is 113 Å². The molecule has 3 aliphatic heterocycles. The number of aromatic nitrogens is 2. The zero-order chi connectivity index (χ0) is 20.8. The second-order valence-corrected chi connectivity index (χ2v) is 8.61. The number of aliphatic imine (C=N–C) groups is 2. The van der Waals surface area contributed by atoms with E-state index in [-0.39, 0.29) is 17.2 Å². The minimum Gasteiger partial charge on any atom is -0.381 e. The number of carbonyl (C=O) groups is 1. The van der Waals surface area contributed by atoms with Gasteiger partial charge in [-0.25, -0.2) is 15.0 Å². The molecule has 1 aromatic heterocycles. The third kappa shape index (κ3) is 5.40. The summed E-state index contributed by atoms with van der Waals surface area (Å²) >= 11 is 0.